The van der Waals surface area contributed by atoms with Crippen LogP contribution in [0.25, 0.3) is 0 Å². The third-order valence-electron chi connectivity index (χ3n) is 2.46. The summed E-state index contributed by atoms with van der Waals surface area (Å²) in [6, 6.07) is 0.877. The lowest BCUT2D eigenvalue weighted by atomic mass is 10.1. The van der Waals surface area contributed by atoms with Gasteiger partial charge in [0.05, 0.1) is 0 Å². The number of likely N-dealkylation sites (tertiary alicyclic amines) is 1. The number of hydrogen-bond donors (Lipinski definition) is 0. The van der Waals surface area contributed by atoms with Gasteiger partial charge in [0.25, 0.3) is 0 Å². The molecule has 1 atom stereocenters. The van der Waals surface area contributed by atoms with Gasteiger partial charge in [0, 0.05) is 6.04 Å². The van der Waals surface area contributed by atoms with Gasteiger partial charge in [0.15, 0.2) is 0 Å². The molecule has 0 amide bonds. The van der Waals surface area contributed by atoms with E-state index in [-0.39, 0.29) is 0 Å². The first-order valence-corrected chi connectivity index (χ1v) is 4.34. The van der Waals surface area contributed by atoms with Crippen molar-refractivity contribution in [3.05, 3.63) is 6.92 Å². The van der Waals surface area contributed by atoms with Crippen LogP contribution in [0.2, 0.25) is 0 Å². The number of hydrogen-bond acceptors (Lipinski definition) is 1. The number of rotatable bonds is 3. The molecule has 0 aliphatic carbocycles. The van der Waals surface area contributed by atoms with Crippen molar-refractivity contribution in [2.45, 2.75) is 38.1 Å². The summed E-state index contributed by atoms with van der Waals surface area (Å²) in [6.45, 7) is 5.16. The highest BCUT2D eigenvalue weighted by Crippen LogP contribution is 2.19. The second-order valence-corrected chi connectivity index (χ2v) is 3.27. The van der Waals surface area contributed by atoms with Gasteiger partial charge in [-0.25, -0.2) is 0 Å². The topological polar surface area (TPSA) is 3.24 Å². The van der Waals surface area contributed by atoms with Crippen molar-refractivity contribution < 1.29 is 0 Å². The van der Waals surface area contributed by atoms with Crippen LogP contribution >= 0.6 is 0 Å². The highest BCUT2D eigenvalue weighted by molar-refractivity contribution is 4.75. The van der Waals surface area contributed by atoms with E-state index in [1.54, 1.807) is 0 Å². The van der Waals surface area contributed by atoms with Crippen LogP contribution in [0.1, 0.15) is 32.1 Å². The molecular formula is C9H18N. The molecule has 0 bridgehead atoms. The average Bonchev–Trinajstić information content (AvgIpc) is 2.31. The van der Waals surface area contributed by atoms with Gasteiger partial charge in [0.2, 0.25) is 0 Å². The molecule has 0 spiro atoms. The minimum atomic E-state index is 0.877. The summed E-state index contributed by atoms with van der Waals surface area (Å²) < 4.78 is 0. The summed E-state index contributed by atoms with van der Waals surface area (Å²) >= 11 is 0. The molecule has 59 valence electrons. The molecule has 1 radical (unpaired) electrons. The van der Waals surface area contributed by atoms with Crippen molar-refractivity contribution in [2.75, 3.05) is 13.6 Å². The molecule has 0 aromatic rings. The number of unbranched alkanes of at least 4 members (excludes halogenated alkanes) is 1. The van der Waals surface area contributed by atoms with Crippen LogP contribution in [0.15, 0.2) is 0 Å². The summed E-state index contributed by atoms with van der Waals surface area (Å²) in [4.78, 5) is 2.48. The predicted molar refractivity (Wildman–Crippen MR) is 44.9 cm³/mol. The Hall–Kier alpha value is -0.0400. The Morgan fingerprint density at radius 2 is 2.40 bits per heavy atom. The molecule has 1 fully saturated rings. The molecule has 1 aliphatic heterocycles. The van der Waals surface area contributed by atoms with Crippen LogP contribution in [0.3, 0.4) is 0 Å². The minimum Gasteiger partial charge on any atom is -0.303 e. The van der Waals surface area contributed by atoms with E-state index >= 15 is 0 Å². The highest BCUT2D eigenvalue weighted by atomic mass is 15.1. The summed E-state index contributed by atoms with van der Waals surface area (Å²) in [6.07, 6.45) is 6.58. The van der Waals surface area contributed by atoms with E-state index in [1.807, 2.05) is 0 Å². The van der Waals surface area contributed by atoms with Crippen LogP contribution in [0.5, 0.6) is 0 Å². The van der Waals surface area contributed by atoms with E-state index in [9.17, 15) is 0 Å². The Bertz CT molecular complexity index is 90.7. The molecule has 1 heteroatoms. The first-order valence-electron chi connectivity index (χ1n) is 4.34. The molecule has 0 saturated carbocycles. The van der Waals surface area contributed by atoms with Gasteiger partial charge in [-0.3, -0.25) is 0 Å². The summed E-state index contributed by atoms with van der Waals surface area (Å²) in [7, 11) is 2.24. The Labute approximate surface area is 64.4 Å². The predicted octanol–water partition coefficient (Wildman–Crippen LogP) is 2.08. The molecule has 10 heavy (non-hydrogen) atoms. The van der Waals surface area contributed by atoms with E-state index in [2.05, 4.69) is 18.9 Å². The van der Waals surface area contributed by atoms with Gasteiger partial charge < -0.3 is 4.90 Å². The fourth-order valence-corrected chi connectivity index (χ4v) is 1.72. The van der Waals surface area contributed by atoms with Crippen molar-refractivity contribution in [1.29, 1.82) is 0 Å². The molecule has 1 saturated heterocycles. The smallest absolute Gasteiger partial charge is 0.00926 e. The fourth-order valence-electron chi connectivity index (χ4n) is 1.72. The molecule has 1 nitrogen and oxygen atoms in total. The lowest BCUT2D eigenvalue weighted by Gasteiger charge is -2.18. The third-order valence-corrected chi connectivity index (χ3v) is 2.46. The van der Waals surface area contributed by atoms with Crippen LogP contribution in [-0.2, 0) is 0 Å². The van der Waals surface area contributed by atoms with Crippen molar-refractivity contribution in [1.82, 2.24) is 4.90 Å². The van der Waals surface area contributed by atoms with Crippen LogP contribution in [0.4, 0.5) is 0 Å². The first kappa shape index (κ1) is 8.06. The third kappa shape index (κ3) is 1.98. The molecule has 1 heterocycles. The quantitative estimate of drug-likeness (QED) is 0.580. The van der Waals surface area contributed by atoms with Crippen LogP contribution in [-0.4, -0.2) is 24.5 Å². The zero-order chi connectivity index (χ0) is 7.40. The van der Waals surface area contributed by atoms with Crippen molar-refractivity contribution in [3.63, 3.8) is 0 Å². The summed E-state index contributed by atoms with van der Waals surface area (Å²) in [5.41, 5.74) is 0. The zero-order valence-electron chi connectivity index (χ0n) is 6.97. The Morgan fingerprint density at radius 1 is 1.60 bits per heavy atom. The maximum Gasteiger partial charge on any atom is 0.00926 e. The first-order chi connectivity index (χ1) is 4.84. The van der Waals surface area contributed by atoms with Crippen molar-refractivity contribution in [2.24, 2.45) is 0 Å². The fraction of sp³-hybridized carbons (Fsp3) is 0.889. The van der Waals surface area contributed by atoms with Crippen molar-refractivity contribution in [3.8, 4) is 0 Å². The van der Waals surface area contributed by atoms with Gasteiger partial charge >= 0.3 is 0 Å². The van der Waals surface area contributed by atoms with E-state index in [0.29, 0.717) is 0 Å². The van der Waals surface area contributed by atoms with Gasteiger partial charge in [-0.15, -0.1) is 0 Å². The Balaban J connectivity index is 2.14. The molecule has 1 unspecified atom stereocenters. The lowest BCUT2D eigenvalue weighted by molar-refractivity contribution is 0.292. The van der Waals surface area contributed by atoms with E-state index in [4.69, 9.17) is 0 Å². The molecule has 0 N–H and O–H groups in total. The maximum atomic E-state index is 3.85. The van der Waals surface area contributed by atoms with E-state index < -0.39 is 0 Å². The lowest BCUT2D eigenvalue weighted by Crippen LogP contribution is -2.24. The molecule has 0 aromatic carbocycles. The summed E-state index contributed by atoms with van der Waals surface area (Å²) in [5, 5.41) is 0. The van der Waals surface area contributed by atoms with Gasteiger partial charge in [-0.2, -0.15) is 0 Å². The van der Waals surface area contributed by atoms with Gasteiger partial charge in [-0.05, 0) is 32.9 Å². The monoisotopic (exact) mass is 140 g/mol. The maximum absolute atomic E-state index is 3.85. The standard InChI is InChI=1S/C9H18N/c1-3-4-6-9-7-5-8-10(9)2/h9H,1,3-8H2,2H3. The average molecular weight is 140 g/mol. The molecule has 1 rings (SSSR count). The van der Waals surface area contributed by atoms with Gasteiger partial charge in [-0.1, -0.05) is 19.8 Å². The SMILES string of the molecule is [CH2]CCCC1CCCN1C. The van der Waals surface area contributed by atoms with Gasteiger partial charge in [0.1, 0.15) is 0 Å². The second-order valence-electron chi connectivity index (χ2n) is 3.27. The molecular weight excluding hydrogens is 122 g/mol. The molecule has 1 aliphatic rings. The van der Waals surface area contributed by atoms with E-state index in [1.165, 1.54) is 32.2 Å². The second kappa shape index (κ2) is 3.97. The minimum absolute atomic E-state index is 0.877. The van der Waals surface area contributed by atoms with E-state index in [0.717, 1.165) is 12.5 Å². The Morgan fingerprint density at radius 3 is 2.90 bits per heavy atom. The largest absolute Gasteiger partial charge is 0.303 e. The number of nitrogens with zero attached hydrogens (tertiary/aromatic N) is 1. The molecule has 0 aromatic heterocycles. The Kier molecular flexibility index (Phi) is 3.20. The van der Waals surface area contributed by atoms with Crippen molar-refractivity contribution >= 4 is 0 Å². The normalized spacial score (nSPS) is 27.6. The highest BCUT2D eigenvalue weighted by Gasteiger charge is 2.19. The summed E-state index contributed by atoms with van der Waals surface area (Å²) in [5.74, 6) is 0. The zero-order valence-corrected chi connectivity index (χ0v) is 6.97. The van der Waals surface area contributed by atoms with Crippen LogP contribution in [0, 0.1) is 6.92 Å². The van der Waals surface area contributed by atoms with Crippen LogP contribution < -0.4 is 0 Å².